The van der Waals surface area contributed by atoms with E-state index >= 15 is 0 Å². The fourth-order valence-corrected chi connectivity index (χ4v) is 1.91. The Bertz CT molecular complexity index is 640. The van der Waals surface area contributed by atoms with Gasteiger partial charge in [-0.1, -0.05) is 30.3 Å². The van der Waals surface area contributed by atoms with Gasteiger partial charge in [0.2, 0.25) is 0 Å². The molecule has 3 aromatic rings. The summed E-state index contributed by atoms with van der Waals surface area (Å²) in [7, 11) is 0. The normalized spacial score (nSPS) is 10.8. The molecule has 0 amide bonds. The fourth-order valence-electron chi connectivity index (χ4n) is 1.91. The highest BCUT2D eigenvalue weighted by Crippen LogP contribution is 2.30. The highest BCUT2D eigenvalue weighted by atomic mass is 16.3. The van der Waals surface area contributed by atoms with Gasteiger partial charge in [0.1, 0.15) is 5.58 Å². The van der Waals surface area contributed by atoms with E-state index in [1.54, 1.807) is 6.26 Å². The minimum absolute atomic E-state index is 0.766. The van der Waals surface area contributed by atoms with Crippen LogP contribution in [0.25, 0.3) is 22.1 Å². The summed E-state index contributed by atoms with van der Waals surface area (Å²) in [6.45, 7) is 0. The summed E-state index contributed by atoms with van der Waals surface area (Å²) in [6.07, 6.45) is 1.78. The molecule has 78 valence electrons. The fraction of sp³-hybridized carbons (Fsp3) is 0. The molecule has 0 unspecified atom stereocenters. The number of para-hydroxylation sites is 1. The molecule has 0 atom stereocenters. The van der Waals surface area contributed by atoms with Gasteiger partial charge in [0, 0.05) is 16.6 Å². The van der Waals surface area contributed by atoms with Gasteiger partial charge >= 0.3 is 0 Å². The molecule has 2 nitrogen and oxygen atoms in total. The Morgan fingerprint density at radius 3 is 2.69 bits per heavy atom. The van der Waals surface area contributed by atoms with Crippen LogP contribution in [0.15, 0.2) is 59.2 Å². The maximum absolute atomic E-state index is 5.78. The first-order valence-corrected chi connectivity index (χ1v) is 5.17. The average Bonchev–Trinajstić information content (AvgIpc) is 2.72. The van der Waals surface area contributed by atoms with E-state index in [4.69, 9.17) is 10.2 Å². The number of nitrogens with two attached hydrogens (primary N) is 1. The van der Waals surface area contributed by atoms with Crippen LogP contribution in [0, 0.1) is 0 Å². The molecule has 0 radical (unpaired) electrons. The molecule has 0 saturated carbocycles. The van der Waals surface area contributed by atoms with Crippen LogP contribution in [0.2, 0.25) is 0 Å². The maximum Gasteiger partial charge on any atom is 0.134 e. The Kier molecular flexibility index (Phi) is 1.93. The lowest BCUT2D eigenvalue weighted by Crippen LogP contribution is -1.84. The van der Waals surface area contributed by atoms with E-state index in [0.717, 1.165) is 27.8 Å². The van der Waals surface area contributed by atoms with Crippen molar-refractivity contribution in [3.05, 3.63) is 54.8 Å². The van der Waals surface area contributed by atoms with Gasteiger partial charge in [0.05, 0.1) is 6.26 Å². The molecule has 1 aromatic heterocycles. The molecule has 16 heavy (non-hydrogen) atoms. The van der Waals surface area contributed by atoms with Crippen molar-refractivity contribution in [2.45, 2.75) is 0 Å². The Morgan fingerprint density at radius 1 is 0.938 bits per heavy atom. The van der Waals surface area contributed by atoms with Gasteiger partial charge in [0.15, 0.2) is 0 Å². The zero-order chi connectivity index (χ0) is 11.0. The lowest BCUT2D eigenvalue weighted by Gasteiger charge is -1.99. The van der Waals surface area contributed by atoms with E-state index in [1.165, 1.54) is 0 Å². The van der Waals surface area contributed by atoms with Crippen LogP contribution < -0.4 is 5.73 Å². The van der Waals surface area contributed by atoms with E-state index < -0.39 is 0 Å². The molecule has 1 heterocycles. The third-order valence-electron chi connectivity index (χ3n) is 2.68. The largest absolute Gasteiger partial charge is 0.464 e. The summed E-state index contributed by atoms with van der Waals surface area (Å²) >= 11 is 0. The van der Waals surface area contributed by atoms with Crippen molar-refractivity contribution in [1.29, 1.82) is 0 Å². The zero-order valence-corrected chi connectivity index (χ0v) is 8.68. The molecule has 0 spiro atoms. The van der Waals surface area contributed by atoms with Crippen LogP contribution in [0.1, 0.15) is 0 Å². The van der Waals surface area contributed by atoms with Crippen molar-refractivity contribution in [2.24, 2.45) is 0 Å². The van der Waals surface area contributed by atoms with Crippen LogP contribution in [-0.2, 0) is 0 Å². The molecule has 2 heteroatoms. The summed E-state index contributed by atoms with van der Waals surface area (Å²) < 4.78 is 5.50. The van der Waals surface area contributed by atoms with Gasteiger partial charge in [-0.2, -0.15) is 0 Å². The standard InChI is InChI=1S/C14H11NO/c15-11-5-3-4-10(8-11)13-9-16-14-7-2-1-6-12(13)14/h1-9H,15H2. The molecule has 2 N–H and O–H groups in total. The number of benzene rings is 2. The number of hydrogen-bond donors (Lipinski definition) is 1. The number of fused-ring (bicyclic) bond motifs is 1. The third-order valence-corrected chi connectivity index (χ3v) is 2.68. The topological polar surface area (TPSA) is 39.2 Å². The number of nitrogen functional groups attached to an aromatic ring is 1. The second-order valence-electron chi connectivity index (χ2n) is 3.77. The van der Waals surface area contributed by atoms with Crippen LogP contribution in [-0.4, -0.2) is 0 Å². The SMILES string of the molecule is Nc1cccc(-c2coc3ccccc23)c1. The van der Waals surface area contributed by atoms with Gasteiger partial charge in [-0.3, -0.25) is 0 Å². The number of rotatable bonds is 1. The van der Waals surface area contributed by atoms with Gasteiger partial charge in [-0.15, -0.1) is 0 Å². The molecular formula is C14H11NO. The Labute approximate surface area is 93.3 Å². The van der Waals surface area contributed by atoms with Crippen LogP contribution >= 0.6 is 0 Å². The average molecular weight is 209 g/mol. The lowest BCUT2D eigenvalue weighted by molar-refractivity contribution is 0.617. The third kappa shape index (κ3) is 1.36. The van der Waals surface area contributed by atoms with Crippen molar-refractivity contribution in [2.75, 3.05) is 5.73 Å². The lowest BCUT2D eigenvalue weighted by atomic mass is 10.0. The smallest absolute Gasteiger partial charge is 0.134 e. The molecule has 0 aliphatic rings. The molecule has 0 aliphatic heterocycles. The van der Waals surface area contributed by atoms with Crippen molar-refractivity contribution in [3.8, 4) is 11.1 Å². The highest BCUT2D eigenvalue weighted by molar-refractivity contribution is 5.94. The van der Waals surface area contributed by atoms with Crippen LogP contribution in [0.4, 0.5) is 5.69 Å². The number of furan rings is 1. The molecule has 0 saturated heterocycles. The minimum Gasteiger partial charge on any atom is -0.464 e. The summed E-state index contributed by atoms with van der Waals surface area (Å²) in [5.41, 5.74) is 9.62. The van der Waals surface area contributed by atoms with Crippen molar-refractivity contribution in [1.82, 2.24) is 0 Å². The maximum atomic E-state index is 5.78. The Morgan fingerprint density at radius 2 is 1.81 bits per heavy atom. The second kappa shape index (κ2) is 3.42. The van der Waals surface area contributed by atoms with Crippen LogP contribution in [0.5, 0.6) is 0 Å². The molecule has 0 aliphatic carbocycles. The quantitative estimate of drug-likeness (QED) is 0.621. The monoisotopic (exact) mass is 209 g/mol. The van der Waals surface area contributed by atoms with Gasteiger partial charge in [-0.05, 0) is 23.8 Å². The Balaban J connectivity index is 2.26. The van der Waals surface area contributed by atoms with Gasteiger partial charge in [0.25, 0.3) is 0 Å². The molecule has 2 aromatic carbocycles. The predicted octanol–water partition coefficient (Wildman–Crippen LogP) is 3.68. The predicted molar refractivity (Wildman–Crippen MR) is 66.1 cm³/mol. The van der Waals surface area contributed by atoms with Crippen LogP contribution in [0.3, 0.4) is 0 Å². The first-order valence-electron chi connectivity index (χ1n) is 5.17. The second-order valence-corrected chi connectivity index (χ2v) is 3.77. The molecular weight excluding hydrogens is 198 g/mol. The zero-order valence-electron chi connectivity index (χ0n) is 8.68. The van der Waals surface area contributed by atoms with Crippen molar-refractivity contribution in [3.63, 3.8) is 0 Å². The van der Waals surface area contributed by atoms with E-state index in [9.17, 15) is 0 Å². The first kappa shape index (κ1) is 9.04. The highest BCUT2D eigenvalue weighted by Gasteiger charge is 2.06. The van der Waals surface area contributed by atoms with E-state index in [2.05, 4.69) is 6.07 Å². The number of hydrogen-bond acceptors (Lipinski definition) is 2. The van der Waals surface area contributed by atoms with E-state index in [0.29, 0.717) is 0 Å². The van der Waals surface area contributed by atoms with Gasteiger partial charge in [-0.25, -0.2) is 0 Å². The Hall–Kier alpha value is -2.22. The number of anilines is 1. The molecule has 3 rings (SSSR count). The van der Waals surface area contributed by atoms with Crippen molar-refractivity contribution < 1.29 is 4.42 Å². The van der Waals surface area contributed by atoms with E-state index in [1.807, 2.05) is 42.5 Å². The minimum atomic E-state index is 0.766. The van der Waals surface area contributed by atoms with E-state index in [-0.39, 0.29) is 0 Å². The summed E-state index contributed by atoms with van der Waals surface area (Å²) in [6, 6.07) is 15.8. The summed E-state index contributed by atoms with van der Waals surface area (Å²) in [5.74, 6) is 0. The van der Waals surface area contributed by atoms with Gasteiger partial charge < -0.3 is 10.2 Å². The van der Waals surface area contributed by atoms with Crippen molar-refractivity contribution >= 4 is 16.7 Å². The first-order chi connectivity index (χ1) is 7.84. The summed E-state index contributed by atoms with van der Waals surface area (Å²) in [4.78, 5) is 0. The molecule has 0 bridgehead atoms. The molecule has 0 fully saturated rings. The summed E-state index contributed by atoms with van der Waals surface area (Å²) in [5, 5.41) is 1.12.